The molecule has 14 heavy (non-hydrogen) atoms. The zero-order chi connectivity index (χ0) is 9.97. The second-order valence-corrected chi connectivity index (χ2v) is 4.20. The van der Waals surface area contributed by atoms with Crippen molar-refractivity contribution in [1.29, 1.82) is 0 Å². The Balaban J connectivity index is 2.18. The molecule has 2 N–H and O–H groups in total. The highest BCUT2D eigenvalue weighted by Gasteiger charge is 2.14. The van der Waals surface area contributed by atoms with E-state index in [-0.39, 0.29) is 0 Å². The van der Waals surface area contributed by atoms with Crippen molar-refractivity contribution in [3.8, 4) is 0 Å². The van der Waals surface area contributed by atoms with Gasteiger partial charge in [-0.3, -0.25) is 0 Å². The van der Waals surface area contributed by atoms with Gasteiger partial charge in [-0.2, -0.15) is 0 Å². The van der Waals surface area contributed by atoms with Gasteiger partial charge in [0, 0.05) is 25.7 Å². The van der Waals surface area contributed by atoms with E-state index in [1.807, 2.05) is 18.2 Å². The quantitative estimate of drug-likeness (QED) is 0.774. The number of benzene rings is 1. The summed E-state index contributed by atoms with van der Waals surface area (Å²) in [5.41, 5.74) is 1.19. The molecule has 0 amide bonds. The van der Waals surface area contributed by atoms with E-state index in [4.69, 9.17) is 23.2 Å². The summed E-state index contributed by atoms with van der Waals surface area (Å²) >= 11 is 11.8. The van der Waals surface area contributed by atoms with Crippen LogP contribution >= 0.6 is 23.2 Å². The third-order valence-corrected chi connectivity index (χ3v) is 3.13. The van der Waals surface area contributed by atoms with Gasteiger partial charge in [0.05, 0.1) is 10.0 Å². The van der Waals surface area contributed by atoms with Gasteiger partial charge in [0.2, 0.25) is 0 Å². The molecule has 2 rings (SSSR count). The highest BCUT2D eigenvalue weighted by molar-refractivity contribution is 6.42. The molecule has 0 bridgehead atoms. The number of halogens is 2. The van der Waals surface area contributed by atoms with Gasteiger partial charge in [-0.25, -0.2) is 0 Å². The first-order valence-electron chi connectivity index (χ1n) is 4.66. The van der Waals surface area contributed by atoms with Crippen LogP contribution in [0.15, 0.2) is 18.2 Å². The van der Waals surface area contributed by atoms with Crippen LogP contribution in [0.25, 0.3) is 0 Å². The number of hydrogen-bond donors (Lipinski definition) is 2. The lowest BCUT2D eigenvalue weighted by Gasteiger charge is -2.25. The summed E-state index contributed by atoms with van der Waals surface area (Å²) < 4.78 is 0. The van der Waals surface area contributed by atoms with E-state index in [2.05, 4.69) is 10.6 Å². The molecule has 0 aromatic heterocycles. The summed E-state index contributed by atoms with van der Waals surface area (Å²) in [4.78, 5) is 0. The van der Waals surface area contributed by atoms with Crippen molar-refractivity contribution in [1.82, 2.24) is 10.6 Å². The zero-order valence-electron chi connectivity index (χ0n) is 7.69. The number of nitrogens with one attached hydrogen (secondary N) is 2. The normalized spacial score (nSPS) is 22.3. The van der Waals surface area contributed by atoms with Crippen molar-refractivity contribution in [3.05, 3.63) is 33.8 Å². The summed E-state index contributed by atoms with van der Waals surface area (Å²) in [6.07, 6.45) is 0. The Morgan fingerprint density at radius 1 is 1.14 bits per heavy atom. The van der Waals surface area contributed by atoms with Gasteiger partial charge in [0.25, 0.3) is 0 Å². The standard InChI is InChI=1S/C10H12Cl2N2/c11-8-2-1-7(5-9(8)12)10-6-13-3-4-14-10/h1-2,5,10,13-14H,3-4,6H2/t10-/m0/s1. The minimum atomic E-state index is 0.346. The second-order valence-electron chi connectivity index (χ2n) is 3.38. The van der Waals surface area contributed by atoms with Crippen molar-refractivity contribution in [2.24, 2.45) is 0 Å². The maximum Gasteiger partial charge on any atom is 0.0595 e. The Labute approximate surface area is 93.6 Å². The van der Waals surface area contributed by atoms with Crippen LogP contribution < -0.4 is 10.6 Å². The van der Waals surface area contributed by atoms with Gasteiger partial charge in [0.1, 0.15) is 0 Å². The largest absolute Gasteiger partial charge is 0.314 e. The van der Waals surface area contributed by atoms with Crippen LogP contribution in [0.5, 0.6) is 0 Å². The van der Waals surface area contributed by atoms with E-state index in [1.54, 1.807) is 0 Å². The van der Waals surface area contributed by atoms with Crippen molar-refractivity contribution >= 4 is 23.2 Å². The van der Waals surface area contributed by atoms with Gasteiger partial charge >= 0.3 is 0 Å². The Hall–Kier alpha value is -0.280. The predicted octanol–water partition coefficient (Wildman–Crippen LogP) is 2.23. The molecule has 1 atom stereocenters. The van der Waals surface area contributed by atoms with Crippen molar-refractivity contribution in [2.45, 2.75) is 6.04 Å². The molecule has 4 heteroatoms. The molecule has 1 aromatic carbocycles. The minimum Gasteiger partial charge on any atom is -0.314 e. The molecule has 76 valence electrons. The summed E-state index contributed by atoms with van der Waals surface area (Å²) in [7, 11) is 0. The van der Waals surface area contributed by atoms with Crippen LogP contribution in [0.1, 0.15) is 11.6 Å². The summed E-state index contributed by atoms with van der Waals surface area (Å²) in [5.74, 6) is 0. The van der Waals surface area contributed by atoms with Gasteiger partial charge in [-0.1, -0.05) is 29.3 Å². The molecular weight excluding hydrogens is 219 g/mol. The molecule has 0 unspecified atom stereocenters. The monoisotopic (exact) mass is 230 g/mol. The maximum atomic E-state index is 5.95. The molecule has 0 spiro atoms. The van der Waals surface area contributed by atoms with Crippen molar-refractivity contribution < 1.29 is 0 Å². The third kappa shape index (κ3) is 2.20. The molecule has 0 radical (unpaired) electrons. The molecule has 1 heterocycles. The van der Waals surface area contributed by atoms with Gasteiger partial charge < -0.3 is 10.6 Å². The SMILES string of the molecule is Clc1ccc([C@@H]2CNCCN2)cc1Cl. The van der Waals surface area contributed by atoms with Gasteiger partial charge in [-0.15, -0.1) is 0 Å². The molecule has 1 aliphatic heterocycles. The van der Waals surface area contributed by atoms with E-state index in [1.165, 1.54) is 5.56 Å². The smallest absolute Gasteiger partial charge is 0.0595 e. The molecule has 1 aliphatic rings. The first-order chi connectivity index (χ1) is 6.77. The van der Waals surface area contributed by atoms with Crippen LogP contribution in [0.4, 0.5) is 0 Å². The average Bonchev–Trinajstić information content (AvgIpc) is 2.23. The van der Waals surface area contributed by atoms with Crippen molar-refractivity contribution in [3.63, 3.8) is 0 Å². The fourth-order valence-electron chi connectivity index (χ4n) is 1.62. The first-order valence-corrected chi connectivity index (χ1v) is 5.42. The van der Waals surface area contributed by atoms with Crippen LogP contribution in [-0.4, -0.2) is 19.6 Å². The molecule has 1 saturated heterocycles. The summed E-state index contributed by atoms with van der Waals surface area (Å²) in [6, 6.07) is 6.13. The topological polar surface area (TPSA) is 24.1 Å². The fraction of sp³-hybridized carbons (Fsp3) is 0.400. The maximum absolute atomic E-state index is 5.95. The third-order valence-electron chi connectivity index (χ3n) is 2.39. The van der Waals surface area contributed by atoms with Crippen molar-refractivity contribution in [2.75, 3.05) is 19.6 Å². The Morgan fingerprint density at radius 3 is 2.64 bits per heavy atom. The van der Waals surface area contributed by atoms with E-state index >= 15 is 0 Å². The zero-order valence-corrected chi connectivity index (χ0v) is 9.20. The summed E-state index contributed by atoms with van der Waals surface area (Å²) in [5, 5.41) is 7.98. The highest BCUT2D eigenvalue weighted by Crippen LogP contribution is 2.25. The number of piperazine rings is 1. The van der Waals surface area contributed by atoms with E-state index in [0.717, 1.165) is 19.6 Å². The van der Waals surface area contributed by atoms with E-state index < -0.39 is 0 Å². The number of rotatable bonds is 1. The summed E-state index contributed by atoms with van der Waals surface area (Å²) in [6.45, 7) is 2.96. The molecule has 1 fully saturated rings. The van der Waals surface area contributed by atoms with Gasteiger partial charge in [0.15, 0.2) is 0 Å². The lowest BCUT2D eigenvalue weighted by Crippen LogP contribution is -2.42. The van der Waals surface area contributed by atoms with Crippen LogP contribution in [0.2, 0.25) is 10.0 Å². The van der Waals surface area contributed by atoms with Crippen LogP contribution in [0, 0.1) is 0 Å². The number of hydrogen-bond acceptors (Lipinski definition) is 2. The van der Waals surface area contributed by atoms with E-state index in [9.17, 15) is 0 Å². The lowest BCUT2D eigenvalue weighted by atomic mass is 10.1. The highest BCUT2D eigenvalue weighted by atomic mass is 35.5. The molecular formula is C10H12Cl2N2. The van der Waals surface area contributed by atoms with Crippen LogP contribution in [-0.2, 0) is 0 Å². The van der Waals surface area contributed by atoms with Gasteiger partial charge in [-0.05, 0) is 17.7 Å². The second kappa shape index (κ2) is 4.49. The fourth-order valence-corrected chi connectivity index (χ4v) is 1.92. The minimum absolute atomic E-state index is 0.346. The Morgan fingerprint density at radius 2 is 2.00 bits per heavy atom. The lowest BCUT2D eigenvalue weighted by molar-refractivity contribution is 0.430. The molecule has 2 nitrogen and oxygen atoms in total. The molecule has 1 aromatic rings. The Kier molecular flexibility index (Phi) is 3.29. The van der Waals surface area contributed by atoms with Crippen LogP contribution in [0.3, 0.4) is 0 Å². The first kappa shape index (κ1) is 10.2. The van der Waals surface area contributed by atoms with E-state index in [0.29, 0.717) is 16.1 Å². The Bertz CT molecular complexity index is 322. The molecule has 0 aliphatic carbocycles. The predicted molar refractivity (Wildman–Crippen MR) is 60.1 cm³/mol. The molecule has 0 saturated carbocycles. The average molecular weight is 231 g/mol.